The molecule has 0 aliphatic carbocycles. The third kappa shape index (κ3) is 2.92. The number of aromatic nitrogens is 1. The van der Waals surface area contributed by atoms with Gasteiger partial charge in [0.05, 0.1) is 17.1 Å². The number of hydrogen-bond donors (Lipinski definition) is 2. The van der Waals surface area contributed by atoms with Gasteiger partial charge in [-0.15, -0.1) is 0 Å². The van der Waals surface area contributed by atoms with Crippen LogP contribution in [-0.2, 0) is 0 Å². The average molecular weight is 291 g/mol. The summed E-state index contributed by atoms with van der Waals surface area (Å²) < 4.78 is 0. The number of nitro groups is 1. The van der Waals surface area contributed by atoms with Crippen LogP contribution < -0.4 is 10.6 Å². The molecule has 0 aromatic carbocycles. The van der Waals surface area contributed by atoms with Gasteiger partial charge in [-0.25, -0.2) is 4.98 Å². The summed E-state index contributed by atoms with van der Waals surface area (Å²) in [5.41, 5.74) is 0.0651. The lowest BCUT2D eigenvalue weighted by Crippen LogP contribution is -2.41. The van der Waals surface area contributed by atoms with E-state index >= 15 is 0 Å². The van der Waals surface area contributed by atoms with Gasteiger partial charge in [0.25, 0.3) is 5.69 Å². The fraction of sp³-hybridized carbons (Fsp3) is 0.643. The zero-order valence-corrected chi connectivity index (χ0v) is 12.2. The molecule has 1 aromatic rings. The van der Waals surface area contributed by atoms with Gasteiger partial charge in [0.1, 0.15) is 11.6 Å². The monoisotopic (exact) mass is 291 g/mol. The van der Waals surface area contributed by atoms with Crippen molar-refractivity contribution in [3.63, 3.8) is 0 Å². The molecule has 2 aliphatic heterocycles. The quantitative estimate of drug-likeness (QED) is 0.652. The highest BCUT2D eigenvalue weighted by molar-refractivity contribution is 5.55. The third-order valence-electron chi connectivity index (χ3n) is 4.47. The second kappa shape index (κ2) is 5.85. The van der Waals surface area contributed by atoms with Crippen molar-refractivity contribution in [1.82, 2.24) is 9.88 Å². The first-order valence-corrected chi connectivity index (χ1v) is 7.52. The number of anilines is 2. The molecule has 1 aromatic heterocycles. The molecule has 2 N–H and O–H groups in total. The van der Waals surface area contributed by atoms with Crippen molar-refractivity contribution in [2.75, 3.05) is 30.8 Å². The van der Waals surface area contributed by atoms with Crippen molar-refractivity contribution in [2.24, 2.45) is 0 Å². The van der Waals surface area contributed by atoms with E-state index < -0.39 is 0 Å². The zero-order chi connectivity index (χ0) is 14.8. The van der Waals surface area contributed by atoms with Gasteiger partial charge in [-0.2, -0.15) is 0 Å². The summed E-state index contributed by atoms with van der Waals surface area (Å²) in [5, 5.41) is 17.3. The first kappa shape index (κ1) is 14.1. The predicted octanol–water partition coefficient (Wildman–Crippen LogP) is 2.07. The summed E-state index contributed by atoms with van der Waals surface area (Å²) in [7, 11) is 1.72. The lowest BCUT2D eigenvalue weighted by molar-refractivity contribution is -0.384. The Morgan fingerprint density at radius 1 is 1.29 bits per heavy atom. The van der Waals surface area contributed by atoms with E-state index in [1.807, 2.05) is 0 Å². The summed E-state index contributed by atoms with van der Waals surface area (Å²) >= 11 is 0. The number of pyridine rings is 1. The van der Waals surface area contributed by atoms with E-state index in [-0.39, 0.29) is 10.6 Å². The second-order valence-electron chi connectivity index (χ2n) is 5.74. The lowest BCUT2D eigenvalue weighted by atomic mass is 9.99. The van der Waals surface area contributed by atoms with Crippen LogP contribution in [0.15, 0.2) is 12.1 Å². The SMILES string of the molecule is CNc1cc([N+](=O)[O-])cc(NC2CCN3CCCCC23)n1. The maximum atomic E-state index is 11.0. The van der Waals surface area contributed by atoms with Crippen LogP contribution in [0, 0.1) is 10.1 Å². The molecular weight excluding hydrogens is 270 g/mol. The molecule has 114 valence electrons. The van der Waals surface area contributed by atoms with Crippen LogP contribution in [0.5, 0.6) is 0 Å². The van der Waals surface area contributed by atoms with Gasteiger partial charge in [-0.1, -0.05) is 6.42 Å². The Bertz CT molecular complexity index is 536. The molecule has 2 saturated heterocycles. The van der Waals surface area contributed by atoms with E-state index in [4.69, 9.17) is 0 Å². The Morgan fingerprint density at radius 2 is 2.10 bits per heavy atom. The maximum absolute atomic E-state index is 11.0. The van der Waals surface area contributed by atoms with Crippen molar-refractivity contribution in [2.45, 2.75) is 37.8 Å². The molecule has 0 radical (unpaired) electrons. The highest BCUT2D eigenvalue weighted by atomic mass is 16.6. The summed E-state index contributed by atoms with van der Waals surface area (Å²) in [4.78, 5) is 17.5. The highest BCUT2D eigenvalue weighted by Crippen LogP contribution is 2.30. The minimum atomic E-state index is -0.380. The Balaban J connectivity index is 1.78. The molecule has 2 aliphatic rings. The van der Waals surface area contributed by atoms with E-state index in [9.17, 15) is 10.1 Å². The normalized spacial score (nSPS) is 25.4. The topological polar surface area (TPSA) is 83.3 Å². The highest BCUT2D eigenvalue weighted by Gasteiger charge is 2.35. The van der Waals surface area contributed by atoms with Gasteiger partial charge < -0.3 is 10.6 Å². The molecule has 0 saturated carbocycles. The number of piperidine rings is 1. The van der Waals surface area contributed by atoms with Crippen LogP contribution in [0.25, 0.3) is 0 Å². The second-order valence-corrected chi connectivity index (χ2v) is 5.74. The first-order valence-electron chi connectivity index (χ1n) is 7.52. The largest absolute Gasteiger partial charge is 0.373 e. The first-order chi connectivity index (χ1) is 10.2. The fourth-order valence-corrected chi connectivity index (χ4v) is 3.43. The van der Waals surface area contributed by atoms with Crippen LogP contribution in [0.4, 0.5) is 17.3 Å². The molecule has 0 spiro atoms. The van der Waals surface area contributed by atoms with Gasteiger partial charge >= 0.3 is 0 Å². The van der Waals surface area contributed by atoms with E-state index in [1.165, 1.54) is 37.9 Å². The molecule has 7 heteroatoms. The van der Waals surface area contributed by atoms with E-state index in [1.54, 1.807) is 7.05 Å². The molecule has 7 nitrogen and oxygen atoms in total. The Morgan fingerprint density at radius 3 is 2.86 bits per heavy atom. The average Bonchev–Trinajstić information content (AvgIpc) is 2.90. The van der Waals surface area contributed by atoms with Crippen LogP contribution in [0.2, 0.25) is 0 Å². The zero-order valence-electron chi connectivity index (χ0n) is 12.2. The number of rotatable bonds is 4. The minimum absolute atomic E-state index is 0.0651. The summed E-state index contributed by atoms with van der Waals surface area (Å²) in [6, 6.07) is 3.85. The molecule has 3 heterocycles. The van der Waals surface area contributed by atoms with Crippen LogP contribution in [-0.4, -0.2) is 47.0 Å². The standard InChI is InChI=1S/C14H21N5O2/c1-15-13-8-10(19(20)21)9-14(17-13)16-11-5-7-18-6-3-2-4-12(11)18/h8-9,11-12H,2-7H2,1H3,(H2,15,16,17). The number of hydrogen-bond acceptors (Lipinski definition) is 6. The van der Waals surface area contributed by atoms with Crippen molar-refractivity contribution in [1.29, 1.82) is 0 Å². The van der Waals surface area contributed by atoms with Gasteiger partial charge in [0.2, 0.25) is 0 Å². The molecule has 3 rings (SSSR count). The fourth-order valence-electron chi connectivity index (χ4n) is 3.43. The van der Waals surface area contributed by atoms with Crippen molar-refractivity contribution >= 4 is 17.3 Å². The number of nitrogens with one attached hydrogen (secondary N) is 2. The smallest absolute Gasteiger partial charge is 0.276 e. The van der Waals surface area contributed by atoms with Crippen molar-refractivity contribution < 1.29 is 4.92 Å². The molecule has 0 bridgehead atoms. The van der Waals surface area contributed by atoms with Crippen molar-refractivity contribution in [3.05, 3.63) is 22.2 Å². The predicted molar refractivity (Wildman–Crippen MR) is 81.7 cm³/mol. The Hall–Kier alpha value is -1.89. The Labute approximate surface area is 123 Å². The lowest BCUT2D eigenvalue weighted by Gasteiger charge is -2.32. The minimum Gasteiger partial charge on any atom is -0.373 e. The van der Waals surface area contributed by atoms with Crippen LogP contribution in [0.1, 0.15) is 25.7 Å². The summed E-state index contributed by atoms with van der Waals surface area (Å²) in [5.74, 6) is 1.11. The van der Waals surface area contributed by atoms with Crippen LogP contribution in [0.3, 0.4) is 0 Å². The van der Waals surface area contributed by atoms with Crippen molar-refractivity contribution in [3.8, 4) is 0 Å². The van der Waals surface area contributed by atoms with E-state index in [2.05, 4.69) is 20.5 Å². The van der Waals surface area contributed by atoms with Gasteiger partial charge in [0, 0.05) is 25.7 Å². The summed E-state index contributed by atoms with van der Waals surface area (Å²) in [6.07, 6.45) is 4.82. The molecule has 21 heavy (non-hydrogen) atoms. The van der Waals surface area contributed by atoms with Crippen LogP contribution >= 0.6 is 0 Å². The van der Waals surface area contributed by atoms with Gasteiger partial charge in [0.15, 0.2) is 0 Å². The van der Waals surface area contributed by atoms with E-state index in [0.717, 1.165) is 13.0 Å². The molecule has 2 atom stereocenters. The number of fused-ring (bicyclic) bond motifs is 1. The molecule has 2 fully saturated rings. The third-order valence-corrected chi connectivity index (χ3v) is 4.47. The molecule has 0 amide bonds. The van der Waals surface area contributed by atoms with E-state index in [0.29, 0.717) is 23.7 Å². The van der Waals surface area contributed by atoms with Gasteiger partial charge in [-0.05, 0) is 25.8 Å². The molecule has 2 unspecified atom stereocenters. The van der Waals surface area contributed by atoms with Gasteiger partial charge in [-0.3, -0.25) is 15.0 Å². The maximum Gasteiger partial charge on any atom is 0.276 e. The summed E-state index contributed by atoms with van der Waals surface area (Å²) in [6.45, 7) is 2.28. The molecular formula is C14H21N5O2. The number of nitrogens with zero attached hydrogens (tertiary/aromatic N) is 3. The Kier molecular flexibility index (Phi) is 3.92.